The molecule has 0 atom stereocenters. The van der Waals surface area contributed by atoms with Gasteiger partial charge in [0.05, 0.1) is 7.11 Å². The molecular formula is C11H8FNO5. The van der Waals surface area contributed by atoms with Crippen LogP contribution in [0.5, 0.6) is 11.5 Å². The number of ether oxygens (including phenoxy) is 1. The van der Waals surface area contributed by atoms with Gasteiger partial charge in [-0.25, -0.2) is 9.18 Å². The van der Waals surface area contributed by atoms with Crippen molar-refractivity contribution in [3.63, 3.8) is 0 Å². The second-order valence-electron chi connectivity index (χ2n) is 3.39. The lowest BCUT2D eigenvalue weighted by Gasteiger charge is -2.05. The van der Waals surface area contributed by atoms with E-state index in [-0.39, 0.29) is 17.0 Å². The van der Waals surface area contributed by atoms with Crippen LogP contribution in [0.4, 0.5) is 4.39 Å². The van der Waals surface area contributed by atoms with Gasteiger partial charge in [0.25, 0.3) is 0 Å². The van der Waals surface area contributed by atoms with Crippen molar-refractivity contribution < 1.29 is 28.7 Å². The number of phenolic OH excluding ortho intramolecular Hbond substituents is 1. The number of carboxylic acids is 1. The van der Waals surface area contributed by atoms with Crippen molar-refractivity contribution in [2.24, 2.45) is 0 Å². The highest BCUT2D eigenvalue weighted by molar-refractivity contribution is 5.85. The zero-order valence-electron chi connectivity index (χ0n) is 9.18. The second kappa shape index (κ2) is 4.36. The van der Waals surface area contributed by atoms with Gasteiger partial charge in [0.2, 0.25) is 5.76 Å². The Bertz CT molecular complexity index is 607. The zero-order valence-corrected chi connectivity index (χ0v) is 9.18. The van der Waals surface area contributed by atoms with Gasteiger partial charge in [0, 0.05) is 17.7 Å². The van der Waals surface area contributed by atoms with Crippen LogP contribution in [0.15, 0.2) is 22.7 Å². The molecule has 0 saturated heterocycles. The van der Waals surface area contributed by atoms with Crippen molar-refractivity contribution in [1.82, 2.24) is 5.16 Å². The number of halogens is 1. The van der Waals surface area contributed by atoms with E-state index in [1.807, 2.05) is 0 Å². The molecule has 0 unspecified atom stereocenters. The summed E-state index contributed by atoms with van der Waals surface area (Å²) in [5.41, 5.74) is -0.151. The Morgan fingerprint density at radius 3 is 2.72 bits per heavy atom. The fourth-order valence-electron chi connectivity index (χ4n) is 1.39. The molecule has 0 aliphatic carbocycles. The molecule has 0 aliphatic rings. The minimum absolute atomic E-state index is 0.0425. The van der Waals surface area contributed by atoms with E-state index in [1.165, 1.54) is 13.2 Å². The van der Waals surface area contributed by atoms with Crippen LogP contribution in [0.2, 0.25) is 0 Å². The van der Waals surface area contributed by atoms with Gasteiger partial charge in [-0.2, -0.15) is 0 Å². The summed E-state index contributed by atoms with van der Waals surface area (Å²) in [4.78, 5) is 10.6. The van der Waals surface area contributed by atoms with Crippen LogP contribution in [0.1, 0.15) is 10.6 Å². The third kappa shape index (κ3) is 1.97. The lowest BCUT2D eigenvalue weighted by Crippen LogP contribution is -1.92. The van der Waals surface area contributed by atoms with E-state index in [2.05, 4.69) is 9.68 Å². The first-order valence-corrected chi connectivity index (χ1v) is 4.80. The maximum absolute atomic E-state index is 13.7. The zero-order chi connectivity index (χ0) is 13.3. The Balaban J connectivity index is 2.55. The number of carboxylic acid groups (broad SMARTS) is 1. The molecule has 2 N–H and O–H groups in total. The molecule has 1 aromatic heterocycles. The van der Waals surface area contributed by atoms with E-state index in [0.29, 0.717) is 0 Å². The van der Waals surface area contributed by atoms with Gasteiger partial charge >= 0.3 is 5.97 Å². The first-order valence-electron chi connectivity index (χ1n) is 4.80. The minimum atomic E-state index is -1.32. The summed E-state index contributed by atoms with van der Waals surface area (Å²) < 4.78 is 23.1. The highest BCUT2D eigenvalue weighted by Crippen LogP contribution is 2.32. The maximum atomic E-state index is 13.7. The van der Waals surface area contributed by atoms with E-state index < -0.39 is 23.3 Å². The molecule has 1 aromatic carbocycles. The van der Waals surface area contributed by atoms with Crippen molar-refractivity contribution in [2.75, 3.05) is 7.11 Å². The van der Waals surface area contributed by atoms with Crippen LogP contribution in [0.25, 0.3) is 11.3 Å². The van der Waals surface area contributed by atoms with Crippen LogP contribution in [0.3, 0.4) is 0 Å². The van der Waals surface area contributed by atoms with Crippen molar-refractivity contribution in [3.8, 4) is 22.8 Å². The van der Waals surface area contributed by atoms with Gasteiger partial charge in [-0.15, -0.1) is 0 Å². The molecule has 0 spiro atoms. The van der Waals surface area contributed by atoms with Crippen molar-refractivity contribution in [1.29, 1.82) is 0 Å². The average Bonchev–Trinajstić information content (AvgIpc) is 2.82. The van der Waals surface area contributed by atoms with Gasteiger partial charge in [-0.1, -0.05) is 5.16 Å². The highest BCUT2D eigenvalue weighted by atomic mass is 19.1. The highest BCUT2D eigenvalue weighted by Gasteiger charge is 2.18. The molecule has 2 rings (SSSR count). The van der Waals surface area contributed by atoms with Crippen LogP contribution in [-0.2, 0) is 0 Å². The summed E-state index contributed by atoms with van der Waals surface area (Å²) in [7, 11) is 1.35. The van der Waals surface area contributed by atoms with Gasteiger partial charge in [0.1, 0.15) is 11.4 Å². The summed E-state index contributed by atoms with van der Waals surface area (Å²) in [6, 6.07) is 3.43. The molecule has 7 heteroatoms. The predicted octanol–water partition coefficient (Wildman–Crippen LogP) is 1.89. The Hall–Kier alpha value is -2.57. The van der Waals surface area contributed by atoms with Gasteiger partial charge < -0.3 is 19.5 Å². The maximum Gasteiger partial charge on any atom is 0.374 e. The predicted molar refractivity (Wildman–Crippen MR) is 57.1 cm³/mol. The topological polar surface area (TPSA) is 92.8 Å². The lowest BCUT2D eigenvalue weighted by molar-refractivity contribution is 0.0652. The van der Waals surface area contributed by atoms with Crippen LogP contribution in [-0.4, -0.2) is 28.4 Å². The summed E-state index contributed by atoms with van der Waals surface area (Å²) in [5, 5.41) is 21.5. The second-order valence-corrected chi connectivity index (χ2v) is 3.39. The Labute approximate surface area is 100 Å². The molecule has 0 saturated carbocycles. The number of aromatic carboxylic acids is 1. The summed E-state index contributed by atoms with van der Waals surface area (Å²) >= 11 is 0. The minimum Gasteiger partial charge on any atom is -0.505 e. The molecular weight excluding hydrogens is 245 g/mol. The van der Waals surface area contributed by atoms with E-state index in [9.17, 15) is 14.3 Å². The summed E-state index contributed by atoms with van der Waals surface area (Å²) in [6.07, 6.45) is 0. The van der Waals surface area contributed by atoms with E-state index in [1.54, 1.807) is 0 Å². The number of nitrogens with zero attached hydrogens (tertiary/aromatic N) is 1. The van der Waals surface area contributed by atoms with Crippen LogP contribution < -0.4 is 4.74 Å². The molecule has 0 radical (unpaired) electrons. The first-order chi connectivity index (χ1) is 8.52. The number of hydrogen-bond acceptors (Lipinski definition) is 5. The molecule has 0 amide bonds. The summed E-state index contributed by atoms with van der Waals surface area (Å²) in [5.74, 6) is -3.08. The van der Waals surface area contributed by atoms with Crippen molar-refractivity contribution in [3.05, 3.63) is 29.8 Å². The molecule has 18 heavy (non-hydrogen) atoms. The van der Waals surface area contributed by atoms with Gasteiger partial charge in [-0.3, -0.25) is 0 Å². The van der Waals surface area contributed by atoms with E-state index >= 15 is 0 Å². The van der Waals surface area contributed by atoms with Crippen molar-refractivity contribution in [2.45, 2.75) is 0 Å². The number of methoxy groups -OCH3 is 1. The Morgan fingerprint density at radius 1 is 1.44 bits per heavy atom. The van der Waals surface area contributed by atoms with E-state index in [4.69, 9.17) is 9.84 Å². The molecule has 0 bridgehead atoms. The monoisotopic (exact) mass is 253 g/mol. The number of phenols is 1. The molecule has 94 valence electrons. The fourth-order valence-corrected chi connectivity index (χ4v) is 1.39. The lowest BCUT2D eigenvalue weighted by atomic mass is 10.1. The average molecular weight is 253 g/mol. The molecule has 2 aromatic rings. The first kappa shape index (κ1) is 11.9. The third-order valence-electron chi connectivity index (χ3n) is 2.26. The fraction of sp³-hybridized carbons (Fsp3) is 0.0909. The molecule has 0 aliphatic heterocycles. The molecule has 1 heterocycles. The number of aromatic nitrogens is 1. The summed E-state index contributed by atoms with van der Waals surface area (Å²) in [6.45, 7) is 0. The third-order valence-corrected chi connectivity index (χ3v) is 2.26. The number of rotatable bonds is 3. The quantitative estimate of drug-likeness (QED) is 0.867. The Morgan fingerprint density at radius 2 is 2.17 bits per heavy atom. The molecule has 6 nitrogen and oxygen atoms in total. The largest absolute Gasteiger partial charge is 0.505 e. The SMILES string of the molecule is COc1cc(O)c(F)c(-c2cc(C(=O)O)on2)c1. The number of carbonyl (C=O) groups is 1. The number of aromatic hydroxyl groups is 1. The number of hydrogen-bond donors (Lipinski definition) is 2. The van der Waals surface area contributed by atoms with Crippen LogP contribution in [0, 0.1) is 5.82 Å². The van der Waals surface area contributed by atoms with Gasteiger partial charge in [0.15, 0.2) is 11.6 Å². The van der Waals surface area contributed by atoms with Crippen molar-refractivity contribution >= 4 is 5.97 Å². The van der Waals surface area contributed by atoms with E-state index in [0.717, 1.165) is 12.1 Å². The molecule has 0 fully saturated rings. The smallest absolute Gasteiger partial charge is 0.374 e. The van der Waals surface area contributed by atoms with Crippen LogP contribution >= 0.6 is 0 Å². The normalized spacial score (nSPS) is 10.3. The Kier molecular flexibility index (Phi) is 2.88. The van der Waals surface area contributed by atoms with Gasteiger partial charge in [-0.05, 0) is 6.07 Å². The standard InChI is InChI=1S/C11H8FNO5/c1-17-5-2-6(10(12)8(14)3-5)7-4-9(11(15)16)18-13-7/h2-4,14H,1H3,(H,15,16). The number of benzene rings is 1.